The van der Waals surface area contributed by atoms with E-state index in [1.54, 1.807) is 0 Å². The first kappa shape index (κ1) is 19.9. The SMILES string of the molecule is CCCCCCCOc1ccc(CCC(N)(CO)CCF)cc1. The van der Waals surface area contributed by atoms with E-state index in [0.29, 0.717) is 6.42 Å². The second-order valence-electron chi connectivity index (χ2n) is 6.37. The number of aryl methyl sites for hydroxylation is 1. The van der Waals surface area contributed by atoms with Crippen LogP contribution in [0.5, 0.6) is 5.75 Å². The lowest BCUT2D eigenvalue weighted by Crippen LogP contribution is -2.44. The van der Waals surface area contributed by atoms with E-state index in [0.717, 1.165) is 30.8 Å². The highest BCUT2D eigenvalue weighted by Gasteiger charge is 2.23. The minimum Gasteiger partial charge on any atom is -0.494 e. The zero-order valence-corrected chi connectivity index (χ0v) is 14.4. The van der Waals surface area contributed by atoms with Gasteiger partial charge in [-0.2, -0.15) is 0 Å². The highest BCUT2D eigenvalue weighted by atomic mass is 19.1. The summed E-state index contributed by atoms with van der Waals surface area (Å²) in [6, 6.07) is 7.96. The minimum absolute atomic E-state index is 0.184. The van der Waals surface area contributed by atoms with E-state index in [2.05, 4.69) is 6.92 Å². The summed E-state index contributed by atoms with van der Waals surface area (Å²) in [7, 11) is 0. The van der Waals surface area contributed by atoms with Gasteiger partial charge in [-0.1, -0.05) is 44.7 Å². The van der Waals surface area contributed by atoms with Gasteiger partial charge in [-0.3, -0.25) is 4.39 Å². The topological polar surface area (TPSA) is 55.5 Å². The van der Waals surface area contributed by atoms with Crippen LogP contribution in [-0.2, 0) is 6.42 Å². The number of alkyl halides is 1. The van der Waals surface area contributed by atoms with Crippen LogP contribution in [0.25, 0.3) is 0 Å². The number of benzene rings is 1. The fourth-order valence-corrected chi connectivity index (χ4v) is 2.51. The Hall–Kier alpha value is -1.13. The third-order valence-corrected chi connectivity index (χ3v) is 4.26. The van der Waals surface area contributed by atoms with E-state index in [1.807, 2.05) is 24.3 Å². The van der Waals surface area contributed by atoms with Crippen LogP contribution in [-0.4, -0.2) is 30.5 Å². The third kappa shape index (κ3) is 8.33. The molecule has 3 N–H and O–H groups in total. The van der Waals surface area contributed by atoms with Crippen LogP contribution in [0.15, 0.2) is 24.3 Å². The van der Waals surface area contributed by atoms with Crippen LogP contribution < -0.4 is 10.5 Å². The molecule has 0 aromatic heterocycles. The first-order valence-electron chi connectivity index (χ1n) is 8.81. The Balaban J connectivity index is 2.30. The molecule has 0 heterocycles. The van der Waals surface area contributed by atoms with Crippen molar-refractivity contribution < 1.29 is 14.2 Å². The lowest BCUT2D eigenvalue weighted by Gasteiger charge is -2.26. The number of rotatable bonds is 13. The summed E-state index contributed by atoms with van der Waals surface area (Å²) in [4.78, 5) is 0. The van der Waals surface area contributed by atoms with Crippen molar-refractivity contribution in [1.29, 1.82) is 0 Å². The van der Waals surface area contributed by atoms with Gasteiger partial charge in [0, 0.05) is 5.54 Å². The molecule has 0 amide bonds. The Bertz CT molecular complexity index is 410. The molecular weight excluding hydrogens is 293 g/mol. The molecule has 0 fully saturated rings. The maximum Gasteiger partial charge on any atom is 0.119 e. The number of aliphatic hydroxyl groups is 1. The molecule has 23 heavy (non-hydrogen) atoms. The van der Waals surface area contributed by atoms with Gasteiger partial charge in [0.05, 0.1) is 19.9 Å². The van der Waals surface area contributed by atoms with E-state index in [-0.39, 0.29) is 13.0 Å². The first-order chi connectivity index (χ1) is 11.1. The van der Waals surface area contributed by atoms with Crippen molar-refractivity contribution in [3.63, 3.8) is 0 Å². The second kappa shape index (κ2) is 11.4. The van der Waals surface area contributed by atoms with Crippen molar-refractivity contribution in [3.8, 4) is 5.75 Å². The first-order valence-corrected chi connectivity index (χ1v) is 8.81. The van der Waals surface area contributed by atoms with Crippen LogP contribution >= 0.6 is 0 Å². The standard InChI is InChI=1S/C19H32FNO2/c1-2-3-4-5-6-15-23-18-9-7-17(8-10-18)11-12-19(21,16-22)13-14-20/h7-10,22H,2-6,11-16,21H2,1H3. The highest BCUT2D eigenvalue weighted by molar-refractivity contribution is 5.27. The number of hydrogen-bond acceptors (Lipinski definition) is 3. The van der Waals surface area contributed by atoms with Crippen LogP contribution in [0.3, 0.4) is 0 Å². The number of nitrogens with two attached hydrogens (primary N) is 1. The lowest BCUT2D eigenvalue weighted by atomic mass is 9.90. The number of aliphatic hydroxyl groups excluding tert-OH is 1. The molecule has 1 aromatic carbocycles. The molecule has 0 saturated carbocycles. The van der Waals surface area contributed by atoms with E-state index >= 15 is 0 Å². The van der Waals surface area contributed by atoms with Gasteiger partial charge in [0.15, 0.2) is 0 Å². The number of hydrogen-bond donors (Lipinski definition) is 2. The predicted molar refractivity (Wildman–Crippen MR) is 93.6 cm³/mol. The summed E-state index contributed by atoms with van der Waals surface area (Å²) in [5, 5.41) is 9.30. The zero-order valence-electron chi connectivity index (χ0n) is 14.4. The second-order valence-corrected chi connectivity index (χ2v) is 6.37. The lowest BCUT2D eigenvalue weighted by molar-refractivity contribution is 0.169. The van der Waals surface area contributed by atoms with Crippen molar-refractivity contribution in [2.75, 3.05) is 19.9 Å². The molecule has 132 valence electrons. The molecule has 1 unspecified atom stereocenters. The molecular formula is C19H32FNO2. The van der Waals surface area contributed by atoms with Crippen LogP contribution in [0.1, 0.15) is 57.4 Å². The Morgan fingerprint density at radius 1 is 1.09 bits per heavy atom. The number of halogens is 1. The molecule has 0 aliphatic carbocycles. The molecule has 0 aliphatic rings. The Morgan fingerprint density at radius 3 is 2.39 bits per heavy atom. The molecule has 0 bridgehead atoms. The normalized spacial score (nSPS) is 13.7. The fourth-order valence-electron chi connectivity index (χ4n) is 2.51. The number of unbranched alkanes of at least 4 members (excludes halogenated alkanes) is 4. The molecule has 1 rings (SSSR count). The van der Waals surface area contributed by atoms with E-state index in [9.17, 15) is 9.50 Å². The average Bonchev–Trinajstić information content (AvgIpc) is 2.57. The van der Waals surface area contributed by atoms with Gasteiger partial charge in [-0.05, 0) is 43.4 Å². The average molecular weight is 325 g/mol. The minimum atomic E-state index is -0.817. The van der Waals surface area contributed by atoms with Gasteiger partial charge in [0.2, 0.25) is 0 Å². The smallest absolute Gasteiger partial charge is 0.119 e. The van der Waals surface area contributed by atoms with E-state index in [4.69, 9.17) is 10.5 Å². The van der Waals surface area contributed by atoms with E-state index < -0.39 is 12.2 Å². The third-order valence-electron chi connectivity index (χ3n) is 4.26. The van der Waals surface area contributed by atoms with Crippen molar-refractivity contribution in [2.45, 2.75) is 63.8 Å². The molecule has 0 saturated heterocycles. The Morgan fingerprint density at radius 2 is 1.78 bits per heavy atom. The Kier molecular flexibility index (Phi) is 9.88. The van der Waals surface area contributed by atoms with Gasteiger partial charge in [0.25, 0.3) is 0 Å². The largest absolute Gasteiger partial charge is 0.494 e. The predicted octanol–water partition coefficient (Wildman–Crippen LogP) is 4.02. The van der Waals surface area contributed by atoms with Crippen molar-refractivity contribution in [3.05, 3.63) is 29.8 Å². The van der Waals surface area contributed by atoms with Gasteiger partial charge in [0.1, 0.15) is 5.75 Å². The molecule has 0 radical (unpaired) electrons. The Labute approximate surface area is 140 Å². The highest BCUT2D eigenvalue weighted by Crippen LogP contribution is 2.18. The summed E-state index contributed by atoms with van der Waals surface area (Å²) in [6.45, 7) is 2.29. The molecule has 3 nitrogen and oxygen atoms in total. The van der Waals surface area contributed by atoms with Crippen LogP contribution in [0, 0.1) is 0 Å². The summed E-state index contributed by atoms with van der Waals surface area (Å²) in [5.74, 6) is 0.883. The molecule has 0 spiro atoms. The molecule has 1 atom stereocenters. The summed E-state index contributed by atoms with van der Waals surface area (Å²) < 4.78 is 18.2. The van der Waals surface area contributed by atoms with Gasteiger partial charge < -0.3 is 15.6 Å². The fraction of sp³-hybridized carbons (Fsp3) is 0.684. The summed E-state index contributed by atoms with van der Waals surface area (Å²) >= 11 is 0. The maximum atomic E-state index is 12.5. The van der Waals surface area contributed by atoms with Crippen molar-refractivity contribution in [2.24, 2.45) is 5.73 Å². The maximum absolute atomic E-state index is 12.5. The molecule has 0 aliphatic heterocycles. The van der Waals surface area contributed by atoms with Crippen LogP contribution in [0.2, 0.25) is 0 Å². The van der Waals surface area contributed by atoms with Crippen molar-refractivity contribution in [1.82, 2.24) is 0 Å². The monoisotopic (exact) mass is 325 g/mol. The zero-order chi connectivity index (χ0) is 17.0. The summed E-state index contributed by atoms with van der Waals surface area (Å²) in [6.07, 6.45) is 7.66. The molecule has 4 heteroatoms. The quantitative estimate of drug-likeness (QED) is 0.539. The number of ether oxygens (including phenoxy) is 1. The van der Waals surface area contributed by atoms with Gasteiger partial charge in [-0.15, -0.1) is 0 Å². The van der Waals surface area contributed by atoms with Gasteiger partial charge >= 0.3 is 0 Å². The van der Waals surface area contributed by atoms with Gasteiger partial charge in [-0.25, -0.2) is 0 Å². The van der Waals surface area contributed by atoms with Crippen molar-refractivity contribution >= 4 is 0 Å². The van der Waals surface area contributed by atoms with Crippen LogP contribution in [0.4, 0.5) is 4.39 Å². The van der Waals surface area contributed by atoms with E-state index in [1.165, 1.54) is 25.7 Å². The molecule has 1 aromatic rings. The summed E-state index contributed by atoms with van der Waals surface area (Å²) in [5.41, 5.74) is 6.30.